The fourth-order valence-corrected chi connectivity index (χ4v) is 1.60. The van der Waals surface area contributed by atoms with Gasteiger partial charge in [-0.15, -0.1) is 0 Å². The number of hydrogen-bond donors (Lipinski definition) is 0. The zero-order valence-electron chi connectivity index (χ0n) is 9.24. The third kappa shape index (κ3) is 2.59. The van der Waals surface area contributed by atoms with Gasteiger partial charge in [0.05, 0.1) is 0 Å². The third-order valence-corrected chi connectivity index (χ3v) is 2.49. The van der Waals surface area contributed by atoms with Crippen LogP contribution in [-0.2, 0) is 6.42 Å². The molecule has 82 valence electrons. The number of nitrogens with zero attached hydrogens (tertiary/aromatic N) is 4. The molecule has 0 saturated heterocycles. The molecule has 2 heterocycles. The molecule has 0 aliphatic carbocycles. The molecule has 1 unspecified atom stereocenters. The number of rotatable bonds is 4. The van der Waals surface area contributed by atoms with E-state index in [1.54, 1.807) is 24.8 Å². The lowest BCUT2D eigenvalue weighted by Crippen LogP contribution is -2.08. The molecule has 0 saturated carbocycles. The van der Waals surface area contributed by atoms with E-state index in [0.29, 0.717) is 5.92 Å². The summed E-state index contributed by atoms with van der Waals surface area (Å²) in [6.07, 6.45) is 8.86. The summed E-state index contributed by atoms with van der Waals surface area (Å²) in [6.45, 7) is 2.13. The third-order valence-electron chi connectivity index (χ3n) is 2.49. The highest BCUT2D eigenvalue weighted by Gasteiger charge is 2.13. The normalized spacial score (nSPS) is 12.3. The molecule has 2 aromatic heterocycles. The van der Waals surface area contributed by atoms with Gasteiger partial charge in [-0.3, -0.25) is 0 Å². The molecule has 0 bridgehead atoms. The Bertz CT molecular complexity index is 416. The second-order valence-electron chi connectivity index (χ2n) is 3.58. The topological polar surface area (TPSA) is 51.6 Å². The standard InChI is InChI=1S/C12H14N4/c1-2-10(12-15-7-4-8-16-12)9-11-13-5-3-6-14-11/h3-8,10H,2,9H2,1H3. The van der Waals surface area contributed by atoms with Crippen molar-refractivity contribution in [3.63, 3.8) is 0 Å². The first kappa shape index (κ1) is 10.7. The summed E-state index contributed by atoms with van der Waals surface area (Å²) in [6, 6.07) is 3.65. The quantitative estimate of drug-likeness (QED) is 0.781. The monoisotopic (exact) mass is 214 g/mol. The van der Waals surface area contributed by atoms with E-state index >= 15 is 0 Å². The van der Waals surface area contributed by atoms with Crippen molar-refractivity contribution in [3.8, 4) is 0 Å². The Kier molecular flexibility index (Phi) is 3.53. The van der Waals surface area contributed by atoms with E-state index in [0.717, 1.165) is 24.5 Å². The van der Waals surface area contributed by atoms with Gasteiger partial charge in [-0.25, -0.2) is 19.9 Å². The van der Waals surface area contributed by atoms with Crippen molar-refractivity contribution >= 4 is 0 Å². The van der Waals surface area contributed by atoms with Gasteiger partial charge in [-0.05, 0) is 18.6 Å². The molecule has 0 N–H and O–H groups in total. The minimum atomic E-state index is 0.295. The zero-order chi connectivity index (χ0) is 11.2. The van der Waals surface area contributed by atoms with Crippen LogP contribution in [0.1, 0.15) is 30.9 Å². The van der Waals surface area contributed by atoms with E-state index < -0.39 is 0 Å². The smallest absolute Gasteiger partial charge is 0.131 e. The van der Waals surface area contributed by atoms with Crippen LogP contribution in [0.3, 0.4) is 0 Å². The predicted molar refractivity (Wildman–Crippen MR) is 60.8 cm³/mol. The highest BCUT2D eigenvalue weighted by molar-refractivity contribution is 5.02. The Balaban J connectivity index is 2.13. The molecule has 1 atom stereocenters. The van der Waals surface area contributed by atoms with Crippen molar-refractivity contribution in [3.05, 3.63) is 48.6 Å². The average molecular weight is 214 g/mol. The van der Waals surface area contributed by atoms with Crippen molar-refractivity contribution < 1.29 is 0 Å². The Hall–Kier alpha value is -1.84. The van der Waals surface area contributed by atoms with E-state index in [9.17, 15) is 0 Å². The minimum absolute atomic E-state index is 0.295. The minimum Gasteiger partial charge on any atom is -0.241 e. The van der Waals surface area contributed by atoms with Crippen molar-refractivity contribution in [2.24, 2.45) is 0 Å². The molecule has 0 aromatic carbocycles. The summed E-state index contributed by atoms with van der Waals surface area (Å²) in [4.78, 5) is 17.0. The van der Waals surface area contributed by atoms with Crippen LogP contribution in [0.5, 0.6) is 0 Å². The van der Waals surface area contributed by atoms with Crippen LogP contribution >= 0.6 is 0 Å². The van der Waals surface area contributed by atoms with Crippen molar-refractivity contribution in [1.29, 1.82) is 0 Å². The SMILES string of the molecule is CCC(Cc1ncccn1)c1ncccn1. The van der Waals surface area contributed by atoms with Crippen molar-refractivity contribution in [2.75, 3.05) is 0 Å². The molecule has 0 aliphatic heterocycles. The van der Waals surface area contributed by atoms with Gasteiger partial charge in [0.25, 0.3) is 0 Å². The average Bonchev–Trinajstić information content (AvgIpc) is 2.38. The van der Waals surface area contributed by atoms with Crippen molar-refractivity contribution in [2.45, 2.75) is 25.7 Å². The maximum absolute atomic E-state index is 4.28. The first-order valence-electron chi connectivity index (χ1n) is 5.43. The van der Waals surface area contributed by atoms with Crippen molar-refractivity contribution in [1.82, 2.24) is 19.9 Å². The van der Waals surface area contributed by atoms with Crippen LogP contribution in [0, 0.1) is 0 Å². The van der Waals surface area contributed by atoms with E-state index in [1.165, 1.54) is 0 Å². The van der Waals surface area contributed by atoms with Gasteiger partial charge in [0.1, 0.15) is 11.6 Å². The first-order valence-corrected chi connectivity index (χ1v) is 5.43. The summed E-state index contributed by atoms with van der Waals surface area (Å²) in [5, 5.41) is 0. The fraction of sp³-hybridized carbons (Fsp3) is 0.333. The zero-order valence-corrected chi connectivity index (χ0v) is 9.24. The van der Waals surface area contributed by atoms with Gasteiger partial charge < -0.3 is 0 Å². The van der Waals surface area contributed by atoms with Gasteiger partial charge in [-0.1, -0.05) is 6.92 Å². The molecular formula is C12H14N4. The lowest BCUT2D eigenvalue weighted by molar-refractivity contribution is 0.598. The molecule has 4 nitrogen and oxygen atoms in total. The van der Waals surface area contributed by atoms with Crippen LogP contribution in [0.25, 0.3) is 0 Å². The second kappa shape index (κ2) is 5.30. The molecule has 0 spiro atoms. The summed E-state index contributed by atoms with van der Waals surface area (Å²) in [7, 11) is 0. The highest BCUT2D eigenvalue weighted by atomic mass is 14.9. The van der Waals surface area contributed by atoms with Crippen LogP contribution in [0.2, 0.25) is 0 Å². The lowest BCUT2D eigenvalue weighted by atomic mass is 10.0. The van der Waals surface area contributed by atoms with E-state index in [4.69, 9.17) is 0 Å². The largest absolute Gasteiger partial charge is 0.241 e. The van der Waals surface area contributed by atoms with Crippen LogP contribution in [0.15, 0.2) is 36.9 Å². The van der Waals surface area contributed by atoms with Gasteiger partial charge in [-0.2, -0.15) is 0 Å². The Morgan fingerprint density at radius 2 is 1.50 bits per heavy atom. The maximum atomic E-state index is 4.28. The molecule has 0 radical (unpaired) electrons. The molecule has 0 fully saturated rings. The van der Waals surface area contributed by atoms with Gasteiger partial charge in [0.2, 0.25) is 0 Å². The second-order valence-corrected chi connectivity index (χ2v) is 3.58. The lowest BCUT2D eigenvalue weighted by Gasteiger charge is -2.11. The molecule has 0 aliphatic rings. The Morgan fingerprint density at radius 3 is 2.06 bits per heavy atom. The predicted octanol–water partition coefficient (Wildman–Crippen LogP) is 2.00. The maximum Gasteiger partial charge on any atom is 0.131 e. The van der Waals surface area contributed by atoms with Crippen LogP contribution < -0.4 is 0 Å². The Morgan fingerprint density at radius 1 is 0.938 bits per heavy atom. The molecule has 2 aromatic rings. The van der Waals surface area contributed by atoms with Gasteiger partial charge in [0.15, 0.2) is 0 Å². The van der Waals surface area contributed by atoms with E-state index in [2.05, 4.69) is 26.9 Å². The fourth-order valence-electron chi connectivity index (χ4n) is 1.60. The summed E-state index contributed by atoms with van der Waals surface area (Å²) in [5.41, 5.74) is 0. The molecule has 0 amide bonds. The summed E-state index contributed by atoms with van der Waals surface area (Å²) >= 11 is 0. The van der Waals surface area contributed by atoms with E-state index in [-0.39, 0.29) is 0 Å². The molecule has 4 heteroatoms. The van der Waals surface area contributed by atoms with Crippen LogP contribution in [0.4, 0.5) is 0 Å². The van der Waals surface area contributed by atoms with Crippen LogP contribution in [-0.4, -0.2) is 19.9 Å². The summed E-state index contributed by atoms with van der Waals surface area (Å²) in [5.74, 6) is 2.02. The summed E-state index contributed by atoms with van der Waals surface area (Å²) < 4.78 is 0. The first-order chi connectivity index (χ1) is 7.90. The Labute approximate surface area is 94.8 Å². The number of aromatic nitrogens is 4. The highest BCUT2D eigenvalue weighted by Crippen LogP contribution is 2.18. The van der Waals surface area contributed by atoms with Gasteiger partial charge in [0, 0.05) is 37.1 Å². The number of hydrogen-bond acceptors (Lipinski definition) is 4. The molecule has 2 rings (SSSR count). The van der Waals surface area contributed by atoms with Gasteiger partial charge >= 0.3 is 0 Å². The molecule has 16 heavy (non-hydrogen) atoms. The van der Waals surface area contributed by atoms with E-state index in [1.807, 2.05) is 12.1 Å². The molecular weight excluding hydrogens is 200 g/mol.